The minimum atomic E-state index is -4.69. The van der Waals surface area contributed by atoms with Gasteiger partial charge in [0.2, 0.25) is 0 Å². The van der Waals surface area contributed by atoms with E-state index >= 15 is 0 Å². The molecule has 0 aromatic heterocycles. The third kappa shape index (κ3) is 3.68. The first-order valence-corrected chi connectivity index (χ1v) is 5.32. The SMILES string of the molecule is CC(C)(C#N)Cc1ccc([N+](=O)[O-])cc1C(F)(F)F. The van der Waals surface area contributed by atoms with Gasteiger partial charge in [0.15, 0.2) is 0 Å². The van der Waals surface area contributed by atoms with E-state index in [0.29, 0.717) is 6.07 Å². The van der Waals surface area contributed by atoms with Crippen molar-refractivity contribution in [1.82, 2.24) is 0 Å². The van der Waals surface area contributed by atoms with Crippen molar-refractivity contribution in [2.45, 2.75) is 26.4 Å². The summed E-state index contributed by atoms with van der Waals surface area (Å²) in [6.07, 6.45) is -4.82. The van der Waals surface area contributed by atoms with Gasteiger partial charge < -0.3 is 0 Å². The Hall–Kier alpha value is -2.10. The van der Waals surface area contributed by atoms with Crippen molar-refractivity contribution in [3.8, 4) is 6.07 Å². The largest absolute Gasteiger partial charge is 0.416 e. The molecule has 0 aliphatic rings. The van der Waals surface area contributed by atoms with E-state index in [2.05, 4.69) is 0 Å². The van der Waals surface area contributed by atoms with Crippen molar-refractivity contribution in [3.63, 3.8) is 0 Å². The standard InChI is InChI=1S/C12H11F3N2O2/c1-11(2,7-16)6-8-3-4-9(17(18)19)5-10(8)12(13,14)15/h3-5H,6H2,1-2H3. The van der Waals surface area contributed by atoms with Gasteiger partial charge in [0.25, 0.3) is 5.69 Å². The van der Waals surface area contributed by atoms with Gasteiger partial charge in [-0.15, -0.1) is 0 Å². The van der Waals surface area contributed by atoms with Crippen molar-refractivity contribution < 1.29 is 18.1 Å². The topological polar surface area (TPSA) is 66.9 Å². The molecule has 19 heavy (non-hydrogen) atoms. The first-order valence-electron chi connectivity index (χ1n) is 5.32. The quantitative estimate of drug-likeness (QED) is 0.622. The third-order valence-corrected chi connectivity index (χ3v) is 2.54. The van der Waals surface area contributed by atoms with Crippen LogP contribution in [0.25, 0.3) is 0 Å². The number of nitro groups is 1. The van der Waals surface area contributed by atoms with Crippen LogP contribution in [0.5, 0.6) is 0 Å². The van der Waals surface area contributed by atoms with Gasteiger partial charge in [-0.05, 0) is 25.8 Å². The van der Waals surface area contributed by atoms with Crippen LogP contribution in [0, 0.1) is 26.9 Å². The fraction of sp³-hybridized carbons (Fsp3) is 0.417. The number of nitriles is 1. The summed E-state index contributed by atoms with van der Waals surface area (Å²) in [6.45, 7) is 3.02. The molecule has 0 saturated carbocycles. The van der Waals surface area contributed by atoms with Crippen molar-refractivity contribution in [3.05, 3.63) is 39.4 Å². The highest BCUT2D eigenvalue weighted by atomic mass is 19.4. The molecule has 1 aromatic rings. The summed E-state index contributed by atoms with van der Waals surface area (Å²) in [4.78, 5) is 9.64. The van der Waals surface area contributed by atoms with E-state index in [1.54, 1.807) is 0 Å². The number of nitrogens with zero attached hydrogens (tertiary/aromatic N) is 2. The zero-order valence-electron chi connectivity index (χ0n) is 10.3. The highest BCUT2D eigenvalue weighted by Crippen LogP contribution is 2.36. The number of nitro benzene ring substituents is 1. The van der Waals surface area contributed by atoms with Crippen LogP contribution in [0.15, 0.2) is 18.2 Å². The van der Waals surface area contributed by atoms with Gasteiger partial charge in [0, 0.05) is 12.1 Å². The van der Waals surface area contributed by atoms with Crippen molar-refractivity contribution >= 4 is 5.69 Å². The van der Waals surface area contributed by atoms with Crippen LogP contribution >= 0.6 is 0 Å². The molecule has 0 unspecified atom stereocenters. The summed E-state index contributed by atoms with van der Waals surface area (Å²) in [5, 5.41) is 19.4. The highest BCUT2D eigenvalue weighted by Gasteiger charge is 2.36. The Balaban J connectivity index is 3.33. The maximum atomic E-state index is 12.9. The summed E-state index contributed by atoms with van der Waals surface area (Å²) in [6, 6.07) is 4.47. The Morgan fingerprint density at radius 2 is 1.95 bits per heavy atom. The van der Waals surface area contributed by atoms with Crippen LogP contribution in [-0.4, -0.2) is 4.92 Å². The molecule has 102 valence electrons. The second-order valence-corrected chi connectivity index (χ2v) is 4.77. The van der Waals surface area contributed by atoms with E-state index < -0.39 is 27.8 Å². The number of hydrogen-bond donors (Lipinski definition) is 0. The van der Waals surface area contributed by atoms with E-state index in [1.807, 2.05) is 6.07 Å². The number of alkyl halides is 3. The van der Waals surface area contributed by atoms with E-state index in [0.717, 1.165) is 12.1 Å². The second-order valence-electron chi connectivity index (χ2n) is 4.77. The Morgan fingerprint density at radius 3 is 2.37 bits per heavy atom. The zero-order valence-corrected chi connectivity index (χ0v) is 10.3. The Morgan fingerprint density at radius 1 is 1.37 bits per heavy atom. The smallest absolute Gasteiger partial charge is 0.258 e. The Kier molecular flexibility index (Phi) is 3.84. The molecule has 1 aromatic carbocycles. The minimum Gasteiger partial charge on any atom is -0.258 e. The van der Waals surface area contributed by atoms with Gasteiger partial charge in [0.05, 0.1) is 22.0 Å². The monoisotopic (exact) mass is 272 g/mol. The molecular weight excluding hydrogens is 261 g/mol. The van der Waals surface area contributed by atoms with Crippen LogP contribution in [0.4, 0.5) is 18.9 Å². The summed E-state index contributed by atoms with van der Waals surface area (Å²) >= 11 is 0. The highest BCUT2D eigenvalue weighted by molar-refractivity contribution is 5.42. The minimum absolute atomic E-state index is 0.121. The van der Waals surface area contributed by atoms with Gasteiger partial charge in [-0.1, -0.05) is 6.07 Å². The summed E-state index contributed by atoms with van der Waals surface area (Å²) < 4.78 is 38.6. The van der Waals surface area contributed by atoms with Crippen molar-refractivity contribution in [2.24, 2.45) is 5.41 Å². The van der Waals surface area contributed by atoms with Crippen LogP contribution in [0.2, 0.25) is 0 Å². The molecule has 0 amide bonds. The number of benzene rings is 1. The molecule has 0 aliphatic heterocycles. The second kappa shape index (κ2) is 4.88. The van der Waals surface area contributed by atoms with Crippen LogP contribution in [0.3, 0.4) is 0 Å². The lowest BCUT2D eigenvalue weighted by molar-refractivity contribution is -0.385. The third-order valence-electron chi connectivity index (χ3n) is 2.54. The maximum absolute atomic E-state index is 12.9. The molecule has 0 N–H and O–H groups in total. The Bertz CT molecular complexity index is 545. The average Bonchev–Trinajstić information content (AvgIpc) is 2.27. The predicted octanol–water partition coefficient (Wildman–Crippen LogP) is 3.71. The maximum Gasteiger partial charge on any atom is 0.416 e. The zero-order chi connectivity index (χ0) is 14.8. The fourth-order valence-electron chi connectivity index (χ4n) is 1.61. The molecule has 0 spiro atoms. The van der Waals surface area contributed by atoms with Gasteiger partial charge in [-0.3, -0.25) is 10.1 Å². The van der Waals surface area contributed by atoms with E-state index in [4.69, 9.17) is 5.26 Å². The van der Waals surface area contributed by atoms with Crippen LogP contribution in [0.1, 0.15) is 25.0 Å². The summed E-state index contributed by atoms with van der Waals surface area (Å²) in [5.74, 6) is 0. The van der Waals surface area contributed by atoms with Gasteiger partial charge in [-0.2, -0.15) is 18.4 Å². The molecule has 1 rings (SSSR count). The molecule has 0 aliphatic carbocycles. The first-order chi connectivity index (χ1) is 8.57. The lowest BCUT2D eigenvalue weighted by Crippen LogP contribution is -2.17. The Labute approximate surface area is 107 Å². The average molecular weight is 272 g/mol. The van der Waals surface area contributed by atoms with E-state index in [1.165, 1.54) is 13.8 Å². The molecule has 4 nitrogen and oxygen atoms in total. The van der Waals surface area contributed by atoms with Crippen LogP contribution < -0.4 is 0 Å². The molecule has 0 fully saturated rings. The molecular formula is C12H11F3N2O2. The number of halogens is 3. The molecule has 7 heteroatoms. The molecule has 0 heterocycles. The number of rotatable bonds is 3. The first kappa shape index (κ1) is 15.0. The summed E-state index contributed by atoms with van der Waals surface area (Å²) in [7, 11) is 0. The van der Waals surface area contributed by atoms with Gasteiger partial charge >= 0.3 is 6.18 Å². The van der Waals surface area contributed by atoms with E-state index in [-0.39, 0.29) is 12.0 Å². The number of non-ortho nitro benzene ring substituents is 1. The van der Waals surface area contributed by atoms with Crippen LogP contribution in [-0.2, 0) is 12.6 Å². The summed E-state index contributed by atoms with van der Waals surface area (Å²) in [5.41, 5.74) is -2.78. The molecule has 0 saturated heterocycles. The van der Waals surface area contributed by atoms with Gasteiger partial charge in [0.1, 0.15) is 0 Å². The molecule has 0 radical (unpaired) electrons. The fourth-order valence-corrected chi connectivity index (χ4v) is 1.61. The molecule has 0 bridgehead atoms. The molecule has 0 atom stereocenters. The predicted molar refractivity (Wildman–Crippen MR) is 61.2 cm³/mol. The van der Waals surface area contributed by atoms with E-state index in [9.17, 15) is 23.3 Å². The lowest BCUT2D eigenvalue weighted by Gasteiger charge is -2.19. The van der Waals surface area contributed by atoms with Crippen molar-refractivity contribution in [1.29, 1.82) is 5.26 Å². The van der Waals surface area contributed by atoms with Crippen molar-refractivity contribution in [2.75, 3.05) is 0 Å². The number of hydrogen-bond acceptors (Lipinski definition) is 3. The lowest BCUT2D eigenvalue weighted by atomic mass is 9.85. The van der Waals surface area contributed by atoms with Gasteiger partial charge in [-0.25, -0.2) is 0 Å². The normalized spacial score (nSPS) is 12.0.